The van der Waals surface area contributed by atoms with Crippen LogP contribution in [0.15, 0.2) is 35.1 Å². The lowest BCUT2D eigenvalue weighted by atomic mass is 10.2. The van der Waals surface area contributed by atoms with Crippen LogP contribution in [0.4, 0.5) is 5.69 Å². The second-order valence-corrected chi connectivity index (χ2v) is 5.10. The van der Waals surface area contributed by atoms with E-state index in [1.54, 1.807) is 10.9 Å². The van der Waals surface area contributed by atoms with E-state index in [0.717, 1.165) is 15.7 Å². The summed E-state index contributed by atoms with van der Waals surface area (Å²) in [5, 5.41) is 16.9. The van der Waals surface area contributed by atoms with E-state index in [1.165, 1.54) is 0 Å². The van der Waals surface area contributed by atoms with Crippen molar-refractivity contribution < 1.29 is 5.11 Å². The minimum Gasteiger partial charge on any atom is -0.394 e. The van der Waals surface area contributed by atoms with Crippen LogP contribution < -0.4 is 5.32 Å². The molecule has 2 rings (SSSR count). The van der Waals surface area contributed by atoms with Gasteiger partial charge in [-0.25, -0.2) is 0 Å². The maximum absolute atomic E-state index is 8.80. The second kappa shape index (κ2) is 6.22. The monoisotopic (exact) mass is 329 g/mol. The summed E-state index contributed by atoms with van der Waals surface area (Å²) in [6.45, 7) is 1.25. The second-order valence-electron chi connectivity index (χ2n) is 3.80. The lowest BCUT2D eigenvalue weighted by Crippen LogP contribution is -2.02. The fraction of sp³-hybridized carbons (Fsp3) is 0.250. The van der Waals surface area contributed by atoms with Crippen LogP contribution in [-0.2, 0) is 13.1 Å². The van der Waals surface area contributed by atoms with Gasteiger partial charge in [-0.2, -0.15) is 5.10 Å². The highest BCUT2D eigenvalue weighted by atomic mass is 79.9. The number of nitrogens with one attached hydrogen (secondary N) is 1. The third kappa shape index (κ3) is 3.48. The molecule has 6 heteroatoms. The molecule has 0 spiro atoms. The van der Waals surface area contributed by atoms with Crippen LogP contribution in [0.2, 0.25) is 5.02 Å². The smallest absolute Gasteiger partial charge is 0.0729 e. The summed E-state index contributed by atoms with van der Waals surface area (Å²) in [7, 11) is 0. The number of hydrogen-bond donors (Lipinski definition) is 2. The Labute approximate surface area is 119 Å². The van der Waals surface area contributed by atoms with E-state index >= 15 is 0 Å². The molecule has 0 aliphatic rings. The Balaban J connectivity index is 1.99. The predicted octanol–water partition coefficient (Wildman–Crippen LogP) is 2.90. The fourth-order valence-corrected chi connectivity index (χ4v) is 2.14. The molecule has 0 radical (unpaired) electrons. The number of halogens is 2. The maximum Gasteiger partial charge on any atom is 0.0729 e. The topological polar surface area (TPSA) is 50.1 Å². The Hall–Kier alpha value is -1.04. The van der Waals surface area contributed by atoms with Gasteiger partial charge >= 0.3 is 0 Å². The molecule has 1 aromatic carbocycles. The largest absolute Gasteiger partial charge is 0.394 e. The average Bonchev–Trinajstić information content (AvgIpc) is 2.79. The number of nitrogens with zero attached hydrogens (tertiary/aromatic N) is 2. The van der Waals surface area contributed by atoms with E-state index < -0.39 is 0 Å². The number of aliphatic hydroxyl groups is 1. The first-order chi connectivity index (χ1) is 8.69. The molecule has 0 unspecified atom stereocenters. The molecule has 0 bridgehead atoms. The molecule has 2 aromatic rings. The first-order valence-corrected chi connectivity index (χ1v) is 6.67. The highest BCUT2D eigenvalue weighted by molar-refractivity contribution is 9.10. The lowest BCUT2D eigenvalue weighted by Gasteiger charge is -2.06. The minimum atomic E-state index is 0.0843. The zero-order valence-corrected chi connectivity index (χ0v) is 11.9. The van der Waals surface area contributed by atoms with Crippen molar-refractivity contribution in [2.24, 2.45) is 0 Å². The van der Waals surface area contributed by atoms with Gasteiger partial charge in [-0.05, 0) is 23.8 Å². The predicted molar refractivity (Wildman–Crippen MR) is 75.8 cm³/mol. The summed E-state index contributed by atoms with van der Waals surface area (Å²) < 4.78 is 2.71. The first kappa shape index (κ1) is 13.4. The molecular formula is C12H13BrClN3O. The van der Waals surface area contributed by atoms with Crippen molar-refractivity contribution in [3.8, 4) is 0 Å². The van der Waals surface area contributed by atoms with Gasteiger partial charge in [0.1, 0.15) is 0 Å². The van der Waals surface area contributed by atoms with Crippen LogP contribution in [0.5, 0.6) is 0 Å². The number of aliphatic hydroxyl groups excluding tert-OH is 1. The fourth-order valence-electron chi connectivity index (χ4n) is 1.56. The molecule has 96 valence electrons. The van der Waals surface area contributed by atoms with Crippen molar-refractivity contribution in [3.05, 3.63) is 45.7 Å². The zero-order valence-electron chi connectivity index (χ0n) is 9.61. The Bertz CT molecular complexity index is 530. The summed E-state index contributed by atoms with van der Waals surface area (Å²) in [6.07, 6.45) is 3.59. The molecule has 0 aliphatic carbocycles. The zero-order chi connectivity index (χ0) is 13.0. The van der Waals surface area contributed by atoms with Gasteiger partial charge in [0.05, 0.1) is 25.0 Å². The molecule has 0 amide bonds. The van der Waals surface area contributed by atoms with E-state index in [0.29, 0.717) is 18.1 Å². The summed E-state index contributed by atoms with van der Waals surface area (Å²) in [6, 6.07) is 5.68. The molecule has 2 N–H and O–H groups in total. The maximum atomic E-state index is 8.80. The summed E-state index contributed by atoms with van der Waals surface area (Å²) in [4.78, 5) is 0. The van der Waals surface area contributed by atoms with Gasteiger partial charge < -0.3 is 10.4 Å². The van der Waals surface area contributed by atoms with Gasteiger partial charge in [0.25, 0.3) is 0 Å². The van der Waals surface area contributed by atoms with Crippen molar-refractivity contribution in [1.82, 2.24) is 9.78 Å². The van der Waals surface area contributed by atoms with Gasteiger partial charge in [-0.3, -0.25) is 4.68 Å². The van der Waals surface area contributed by atoms with Gasteiger partial charge in [-0.1, -0.05) is 27.5 Å². The SMILES string of the molecule is OCCn1cc(NCc2cc(Cl)ccc2Br)cn1. The average molecular weight is 331 g/mol. The van der Waals surface area contributed by atoms with Crippen molar-refractivity contribution in [2.75, 3.05) is 11.9 Å². The molecule has 0 aliphatic heterocycles. The summed E-state index contributed by atoms with van der Waals surface area (Å²) in [5.41, 5.74) is 1.99. The third-order valence-electron chi connectivity index (χ3n) is 2.45. The molecule has 4 nitrogen and oxygen atoms in total. The van der Waals surface area contributed by atoms with Crippen LogP contribution in [0.1, 0.15) is 5.56 Å². The van der Waals surface area contributed by atoms with E-state index in [-0.39, 0.29) is 6.61 Å². The van der Waals surface area contributed by atoms with Crippen LogP contribution in [0, 0.1) is 0 Å². The van der Waals surface area contributed by atoms with Gasteiger partial charge in [0, 0.05) is 22.2 Å². The normalized spacial score (nSPS) is 10.6. The molecule has 1 aromatic heterocycles. The van der Waals surface area contributed by atoms with Crippen LogP contribution in [0.25, 0.3) is 0 Å². The number of anilines is 1. The van der Waals surface area contributed by atoms with E-state index in [2.05, 4.69) is 26.3 Å². The number of benzene rings is 1. The van der Waals surface area contributed by atoms with E-state index in [4.69, 9.17) is 16.7 Å². The van der Waals surface area contributed by atoms with Gasteiger partial charge in [-0.15, -0.1) is 0 Å². The molecule has 18 heavy (non-hydrogen) atoms. The molecule has 0 atom stereocenters. The van der Waals surface area contributed by atoms with E-state index in [9.17, 15) is 0 Å². The lowest BCUT2D eigenvalue weighted by molar-refractivity contribution is 0.269. The minimum absolute atomic E-state index is 0.0843. The molecule has 1 heterocycles. The van der Waals surface area contributed by atoms with Crippen molar-refractivity contribution in [3.63, 3.8) is 0 Å². The molecular weight excluding hydrogens is 318 g/mol. The van der Waals surface area contributed by atoms with Crippen LogP contribution in [-0.4, -0.2) is 21.5 Å². The standard InChI is InChI=1S/C12H13BrClN3O/c13-12-2-1-10(14)5-9(12)6-15-11-7-16-17(8-11)3-4-18/h1-2,5,7-8,15,18H,3-4,6H2. The molecule has 0 fully saturated rings. The molecule has 0 saturated heterocycles. The quantitative estimate of drug-likeness (QED) is 0.886. The molecule has 0 saturated carbocycles. The summed E-state index contributed by atoms with van der Waals surface area (Å²) >= 11 is 9.43. The van der Waals surface area contributed by atoms with Crippen molar-refractivity contribution in [2.45, 2.75) is 13.1 Å². The van der Waals surface area contributed by atoms with Crippen molar-refractivity contribution in [1.29, 1.82) is 0 Å². The Morgan fingerprint density at radius 2 is 2.28 bits per heavy atom. The first-order valence-electron chi connectivity index (χ1n) is 5.50. The van der Waals surface area contributed by atoms with Crippen molar-refractivity contribution >= 4 is 33.2 Å². The highest BCUT2D eigenvalue weighted by Crippen LogP contribution is 2.22. The van der Waals surface area contributed by atoms with Gasteiger partial charge in [0.15, 0.2) is 0 Å². The van der Waals surface area contributed by atoms with E-state index in [1.807, 2.05) is 24.4 Å². The Morgan fingerprint density at radius 3 is 3.06 bits per heavy atom. The summed E-state index contributed by atoms with van der Waals surface area (Å²) in [5.74, 6) is 0. The Kier molecular flexibility index (Phi) is 4.63. The number of hydrogen-bond acceptors (Lipinski definition) is 3. The highest BCUT2D eigenvalue weighted by Gasteiger charge is 2.02. The number of aromatic nitrogens is 2. The van der Waals surface area contributed by atoms with Gasteiger partial charge in [0.2, 0.25) is 0 Å². The third-order valence-corrected chi connectivity index (χ3v) is 3.46. The van der Waals surface area contributed by atoms with Crippen LogP contribution >= 0.6 is 27.5 Å². The van der Waals surface area contributed by atoms with Crippen LogP contribution in [0.3, 0.4) is 0 Å². The number of rotatable bonds is 5. The Morgan fingerprint density at radius 1 is 1.44 bits per heavy atom.